The first kappa shape index (κ1) is 9.45. The van der Waals surface area contributed by atoms with E-state index in [2.05, 4.69) is 15.1 Å². The Balaban J connectivity index is 2.08. The van der Waals surface area contributed by atoms with E-state index < -0.39 is 0 Å². The molecule has 2 rings (SSSR count). The summed E-state index contributed by atoms with van der Waals surface area (Å²) in [4.78, 5) is 2.26. The molecule has 14 heavy (non-hydrogen) atoms. The van der Waals surface area contributed by atoms with Crippen LogP contribution < -0.4 is 10.6 Å². The van der Waals surface area contributed by atoms with Crippen molar-refractivity contribution < 1.29 is 0 Å². The van der Waals surface area contributed by atoms with Crippen LogP contribution in [0.4, 0.5) is 5.95 Å². The van der Waals surface area contributed by atoms with Gasteiger partial charge in [-0.15, -0.1) is 10.2 Å². The molecule has 0 aliphatic carbocycles. The zero-order valence-corrected chi connectivity index (χ0v) is 8.56. The molecule has 0 amide bonds. The van der Waals surface area contributed by atoms with Crippen LogP contribution in [0.2, 0.25) is 0 Å². The summed E-state index contributed by atoms with van der Waals surface area (Å²) in [7, 11) is 1.97. The van der Waals surface area contributed by atoms with Crippen molar-refractivity contribution in [1.29, 1.82) is 0 Å². The van der Waals surface area contributed by atoms with Gasteiger partial charge >= 0.3 is 0 Å². The van der Waals surface area contributed by atoms with Crippen LogP contribution in [0.5, 0.6) is 0 Å². The molecule has 1 aliphatic rings. The average molecular weight is 195 g/mol. The molecule has 2 heterocycles. The molecule has 1 fully saturated rings. The number of hydrogen-bond acceptors (Lipinski definition) is 4. The standard InChI is InChI=1S/C9H17N5/c1-13-7-11-12-9(13)14-5-2-3-8(10)4-6-14/h7-8H,2-6,10H2,1H3. The van der Waals surface area contributed by atoms with Crippen molar-refractivity contribution in [2.45, 2.75) is 25.3 Å². The first-order valence-electron chi connectivity index (χ1n) is 5.12. The van der Waals surface area contributed by atoms with E-state index in [4.69, 9.17) is 5.73 Å². The van der Waals surface area contributed by atoms with Gasteiger partial charge in [0.25, 0.3) is 0 Å². The van der Waals surface area contributed by atoms with E-state index in [0.717, 1.165) is 38.3 Å². The Hall–Kier alpha value is -1.10. The highest BCUT2D eigenvalue weighted by molar-refractivity contribution is 5.29. The van der Waals surface area contributed by atoms with Crippen LogP contribution in [-0.4, -0.2) is 33.9 Å². The predicted molar refractivity (Wildman–Crippen MR) is 55.0 cm³/mol. The van der Waals surface area contributed by atoms with Crippen molar-refractivity contribution in [3.63, 3.8) is 0 Å². The SMILES string of the molecule is Cn1cnnc1N1CCCC(N)CC1. The Morgan fingerprint density at radius 1 is 1.43 bits per heavy atom. The van der Waals surface area contributed by atoms with Gasteiger partial charge in [0.15, 0.2) is 0 Å². The Morgan fingerprint density at radius 2 is 2.29 bits per heavy atom. The normalized spacial score (nSPS) is 23.6. The van der Waals surface area contributed by atoms with Gasteiger partial charge < -0.3 is 15.2 Å². The number of nitrogens with two attached hydrogens (primary N) is 1. The molecule has 1 saturated heterocycles. The third-order valence-electron chi connectivity index (χ3n) is 2.74. The zero-order chi connectivity index (χ0) is 9.97. The molecule has 78 valence electrons. The van der Waals surface area contributed by atoms with E-state index in [1.54, 1.807) is 6.33 Å². The van der Waals surface area contributed by atoms with Crippen molar-refractivity contribution >= 4 is 5.95 Å². The minimum atomic E-state index is 0.355. The summed E-state index contributed by atoms with van der Waals surface area (Å²) in [5.41, 5.74) is 5.92. The smallest absolute Gasteiger partial charge is 0.226 e. The number of nitrogens with zero attached hydrogens (tertiary/aromatic N) is 4. The number of aryl methyl sites for hydroxylation is 1. The largest absolute Gasteiger partial charge is 0.341 e. The molecule has 0 bridgehead atoms. The highest BCUT2D eigenvalue weighted by atomic mass is 15.4. The van der Waals surface area contributed by atoms with Gasteiger partial charge in [-0.25, -0.2) is 0 Å². The monoisotopic (exact) mass is 195 g/mol. The Kier molecular flexibility index (Phi) is 2.67. The van der Waals surface area contributed by atoms with Crippen LogP contribution in [-0.2, 0) is 7.05 Å². The molecule has 2 N–H and O–H groups in total. The Labute approximate surface area is 83.9 Å². The molecule has 0 radical (unpaired) electrons. The lowest BCUT2D eigenvalue weighted by Crippen LogP contribution is -2.28. The van der Waals surface area contributed by atoms with Crippen LogP contribution in [0.1, 0.15) is 19.3 Å². The zero-order valence-electron chi connectivity index (χ0n) is 8.56. The lowest BCUT2D eigenvalue weighted by Gasteiger charge is -2.20. The number of rotatable bonds is 1. The molecule has 1 atom stereocenters. The van der Waals surface area contributed by atoms with Gasteiger partial charge in [-0.05, 0) is 19.3 Å². The maximum absolute atomic E-state index is 5.92. The third kappa shape index (κ3) is 1.87. The fraction of sp³-hybridized carbons (Fsp3) is 0.778. The minimum Gasteiger partial charge on any atom is -0.341 e. The summed E-state index contributed by atoms with van der Waals surface area (Å²) < 4.78 is 1.96. The summed E-state index contributed by atoms with van der Waals surface area (Å²) in [6.45, 7) is 2.04. The second kappa shape index (κ2) is 3.96. The topological polar surface area (TPSA) is 60.0 Å². The second-order valence-corrected chi connectivity index (χ2v) is 3.92. The highest BCUT2D eigenvalue weighted by Crippen LogP contribution is 2.15. The van der Waals surface area contributed by atoms with Crippen LogP contribution in [0.3, 0.4) is 0 Å². The van der Waals surface area contributed by atoms with Crippen LogP contribution in [0, 0.1) is 0 Å². The fourth-order valence-corrected chi connectivity index (χ4v) is 1.89. The summed E-state index contributed by atoms with van der Waals surface area (Å²) in [6.07, 6.45) is 5.05. The maximum atomic E-state index is 5.92. The fourth-order valence-electron chi connectivity index (χ4n) is 1.89. The molecular formula is C9H17N5. The molecule has 1 aromatic rings. The summed E-state index contributed by atoms with van der Waals surface area (Å²) in [5.74, 6) is 0.958. The quantitative estimate of drug-likeness (QED) is 0.692. The van der Waals surface area contributed by atoms with E-state index in [1.807, 2.05) is 11.6 Å². The van der Waals surface area contributed by atoms with Gasteiger partial charge in [0.1, 0.15) is 6.33 Å². The average Bonchev–Trinajstić information content (AvgIpc) is 2.46. The number of hydrogen-bond donors (Lipinski definition) is 1. The molecular weight excluding hydrogens is 178 g/mol. The van der Waals surface area contributed by atoms with Crippen molar-refractivity contribution in [2.75, 3.05) is 18.0 Å². The van der Waals surface area contributed by atoms with Gasteiger partial charge in [-0.1, -0.05) is 0 Å². The Morgan fingerprint density at radius 3 is 3.00 bits per heavy atom. The van der Waals surface area contributed by atoms with Crippen LogP contribution in [0.15, 0.2) is 6.33 Å². The van der Waals surface area contributed by atoms with E-state index >= 15 is 0 Å². The minimum absolute atomic E-state index is 0.355. The first-order valence-corrected chi connectivity index (χ1v) is 5.12. The van der Waals surface area contributed by atoms with Crippen molar-refractivity contribution in [1.82, 2.24) is 14.8 Å². The molecule has 5 nitrogen and oxygen atoms in total. The van der Waals surface area contributed by atoms with Gasteiger partial charge in [0.2, 0.25) is 5.95 Å². The van der Waals surface area contributed by atoms with Gasteiger partial charge in [-0.2, -0.15) is 0 Å². The predicted octanol–water partition coefficient (Wildman–Crippen LogP) is 0.133. The Bertz CT molecular complexity index is 295. The molecule has 5 heteroatoms. The lowest BCUT2D eigenvalue weighted by atomic mass is 10.1. The summed E-state index contributed by atoms with van der Waals surface area (Å²) >= 11 is 0. The van der Waals surface area contributed by atoms with E-state index in [-0.39, 0.29) is 0 Å². The van der Waals surface area contributed by atoms with E-state index in [1.165, 1.54) is 0 Å². The number of aromatic nitrogens is 3. The molecule has 1 aromatic heterocycles. The third-order valence-corrected chi connectivity index (χ3v) is 2.74. The maximum Gasteiger partial charge on any atom is 0.226 e. The van der Waals surface area contributed by atoms with Crippen molar-refractivity contribution in [3.8, 4) is 0 Å². The molecule has 1 unspecified atom stereocenters. The molecule has 0 aromatic carbocycles. The molecule has 0 spiro atoms. The summed E-state index contributed by atoms with van der Waals surface area (Å²) in [6, 6.07) is 0.355. The second-order valence-electron chi connectivity index (χ2n) is 3.92. The molecule has 1 aliphatic heterocycles. The van der Waals surface area contributed by atoms with E-state index in [9.17, 15) is 0 Å². The van der Waals surface area contributed by atoms with Crippen molar-refractivity contribution in [3.05, 3.63) is 6.33 Å². The van der Waals surface area contributed by atoms with Crippen molar-refractivity contribution in [2.24, 2.45) is 12.8 Å². The van der Waals surface area contributed by atoms with Gasteiger partial charge in [0, 0.05) is 26.2 Å². The molecule has 0 saturated carbocycles. The first-order chi connectivity index (χ1) is 6.77. The highest BCUT2D eigenvalue weighted by Gasteiger charge is 2.17. The van der Waals surface area contributed by atoms with Crippen LogP contribution >= 0.6 is 0 Å². The van der Waals surface area contributed by atoms with Gasteiger partial charge in [-0.3, -0.25) is 0 Å². The number of anilines is 1. The lowest BCUT2D eigenvalue weighted by molar-refractivity contribution is 0.601. The summed E-state index contributed by atoms with van der Waals surface area (Å²) in [5, 5.41) is 7.99. The van der Waals surface area contributed by atoms with Crippen LogP contribution in [0.25, 0.3) is 0 Å². The van der Waals surface area contributed by atoms with Gasteiger partial charge in [0.05, 0.1) is 0 Å². The van der Waals surface area contributed by atoms with E-state index in [0.29, 0.717) is 6.04 Å².